The molecule has 0 radical (unpaired) electrons. The number of aliphatic hydroxyl groups excluding tert-OH is 1. The second-order valence-electron chi connectivity index (χ2n) is 3.89. The van der Waals surface area contributed by atoms with Crippen molar-refractivity contribution in [1.29, 1.82) is 0 Å². The molecule has 0 aromatic rings. The Bertz CT molecular complexity index is 387. The average molecular weight is 207 g/mol. The van der Waals surface area contributed by atoms with Crippen molar-refractivity contribution in [1.82, 2.24) is 4.90 Å². The zero-order valence-corrected chi connectivity index (χ0v) is 8.62. The van der Waals surface area contributed by atoms with Gasteiger partial charge in [0, 0.05) is 24.7 Å². The first-order valence-electron chi connectivity index (χ1n) is 5.07. The molecule has 0 aromatic heterocycles. The van der Waals surface area contributed by atoms with Crippen molar-refractivity contribution in [3.63, 3.8) is 0 Å². The number of Topliss-reactive ketones (excluding diaryl/α,β-unsaturated/α-hetero) is 1. The molecule has 0 bridgehead atoms. The number of rotatable bonds is 1. The predicted octanol–water partition coefficient (Wildman–Crippen LogP) is 0.950. The van der Waals surface area contributed by atoms with Crippen molar-refractivity contribution < 1.29 is 14.7 Å². The van der Waals surface area contributed by atoms with Gasteiger partial charge < -0.3 is 10.0 Å². The first-order valence-corrected chi connectivity index (χ1v) is 5.07. The molecule has 0 unspecified atom stereocenters. The van der Waals surface area contributed by atoms with E-state index in [0.717, 1.165) is 25.9 Å². The molecule has 0 aromatic carbocycles. The molecule has 4 heteroatoms. The van der Waals surface area contributed by atoms with E-state index >= 15 is 0 Å². The predicted molar refractivity (Wildman–Crippen MR) is 54.2 cm³/mol. The minimum absolute atomic E-state index is 0.0403. The van der Waals surface area contributed by atoms with Gasteiger partial charge in [-0.05, 0) is 19.8 Å². The Morgan fingerprint density at radius 3 is 2.47 bits per heavy atom. The van der Waals surface area contributed by atoms with E-state index < -0.39 is 11.6 Å². The molecule has 0 amide bonds. The summed E-state index contributed by atoms with van der Waals surface area (Å²) in [4.78, 5) is 24.5. The quantitative estimate of drug-likeness (QED) is 0.513. The molecule has 1 heterocycles. The van der Waals surface area contributed by atoms with E-state index in [4.69, 9.17) is 0 Å². The molecule has 1 saturated heterocycles. The number of nitrogens with zero attached hydrogens (tertiary/aromatic N) is 1. The zero-order valence-electron chi connectivity index (χ0n) is 8.62. The van der Waals surface area contributed by atoms with Crippen molar-refractivity contribution in [2.75, 3.05) is 13.1 Å². The Morgan fingerprint density at radius 1 is 1.27 bits per heavy atom. The van der Waals surface area contributed by atoms with Crippen LogP contribution in [0.4, 0.5) is 0 Å². The van der Waals surface area contributed by atoms with Crippen molar-refractivity contribution >= 4 is 11.6 Å². The number of allylic oxidation sites excluding steroid dienone is 2. The van der Waals surface area contributed by atoms with Crippen LogP contribution in [0.15, 0.2) is 23.1 Å². The summed E-state index contributed by atoms with van der Waals surface area (Å²) in [6.45, 7) is 3.16. The van der Waals surface area contributed by atoms with E-state index in [0.29, 0.717) is 5.70 Å². The van der Waals surface area contributed by atoms with Gasteiger partial charge >= 0.3 is 0 Å². The Hall–Kier alpha value is -1.58. The van der Waals surface area contributed by atoms with Gasteiger partial charge in [0.05, 0.1) is 5.70 Å². The summed E-state index contributed by atoms with van der Waals surface area (Å²) < 4.78 is 0. The smallest absolute Gasteiger partial charge is 0.232 e. The van der Waals surface area contributed by atoms with Gasteiger partial charge in [-0.3, -0.25) is 9.59 Å². The van der Waals surface area contributed by atoms with Crippen LogP contribution in [-0.2, 0) is 9.59 Å². The molecule has 1 fully saturated rings. The van der Waals surface area contributed by atoms with Crippen molar-refractivity contribution in [3.8, 4) is 0 Å². The third-order valence-corrected chi connectivity index (χ3v) is 2.88. The van der Waals surface area contributed by atoms with Crippen LogP contribution in [0.5, 0.6) is 0 Å². The third kappa shape index (κ3) is 1.56. The van der Waals surface area contributed by atoms with Gasteiger partial charge in [-0.15, -0.1) is 0 Å². The maximum atomic E-state index is 11.3. The number of carbonyl (C=O) groups is 2. The van der Waals surface area contributed by atoms with Gasteiger partial charge in [-0.1, -0.05) is 0 Å². The second-order valence-corrected chi connectivity index (χ2v) is 3.89. The number of hydrogen-bond acceptors (Lipinski definition) is 4. The van der Waals surface area contributed by atoms with Gasteiger partial charge in [0.25, 0.3) is 0 Å². The highest BCUT2D eigenvalue weighted by Gasteiger charge is 2.29. The number of ketones is 2. The van der Waals surface area contributed by atoms with Crippen LogP contribution in [0.1, 0.15) is 19.8 Å². The molecule has 0 saturated carbocycles. The monoisotopic (exact) mass is 207 g/mol. The molecule has 1 N–H and O–H groups in total. The van der Waals surface area contributed by atoms with E-state index in [1.54, 1.807) is 0 Å². The van der Waals surface area contributed by atoms with E-state index in [1.807, 2.05) is 4.90 Å². The summed E-state index contributed by atoms with van der Waals surface area (Å²) in [6.07, 6.45) is 3.37. The Kier molecular flexibility index (Phi) is 2.34. The highest BCUT2D eigenvalue weighted by Crippen LogP contribution is 2.25. The van der Waals surface area contributed by atoms with Crippen molar-refractivity contribution in [2.24, 2.45) is 0 Å². The van der Waals surface area contributed by atoms with Gasteiger partial charge in [0.1, 0.15) is 5.76 Å². The van der Waals surface area contributed by atoms with Crippen LogP contribution in [-0.4, -0.2) is 34.7 Å². The van der Waals surface area contributed by atoms with Gasteiger partial charge in [0.2, 0.25) is 11.6 Å². The first kappa shape index (κ1) is 9.96. The summed E-state index contributed by atoms with van der Waals surface area (Å²) in [6, 6.07) is 0. The lowest BCUT2D eigenvalue weighted by Gasteiger charge is -2.23. The lowest BCUT2D eigenvalue weighted by molar-refractivity contribution is -0.131. The minimum atomic E-state index is -0.601. The first-order chi connectivity index (χ1) is 7.11. The SMILES string of the molecule is CC1=C(O)C(N2CCCC2)=CC(=O)C1=O. The summed E-state index contributed by atoms with van der Waals surface area (Å²) in [5.74, 6) is -1.18. The number of carbonyl (C=O) groups excluding carboxylic acids is 2. The summed E-state index contributed by atoms with van der Waals surface area (Å²) in [5.41, 5.74) is 0.666. The Morgan fingerprint density at radius 2 is 1.87 bits per heavy atom. The normalized spacial score (nSPS) is 22.5. The maximum absolute atomic E-state index is 11.3. The number of likely N-dealkylation sites (tertiary alicyclic amines) is 1. The highest BCUT2D eigenvalue weighted by molar-refractivity contribution is 6.48. The van der Waals surface area contributed by atoms with E-state index in [1.165, 1.54) is 13.0 Å². The van der Waals surface area contributed by atoms with E-state index in [9.17, 15) is 14.7 Å². The maximum Gasteiger partial charge on any atom is 0.232 e. The van der Waals surface area contributed by atoms with Crippen molar-refractivity contribution in [3.05, 3.63) is 23.1 Å². The van der Waals surface area contributed by atoms with Crippen LogP contribution < -0.4 is 0 Å². The molecule has 1 aliphatic carbocycles. The molecule has 15 heavy (non-hydrogen) atoms. The molecule has 2 aliphatic rings. The number of hydrogen-bond donors (Lipinski definition) is 1. The van der Waals surface area contributed by atoms with Crippen LogP contribution in [0.2, 0.25) is 0 Å². The molecular weight excluding hydrogens is 194 g/mol. The molecule has 0 spiro atoms. The standard InChI is InChI=1S/C11H13NO3/c1-7-10(14)8(6-9(13)11(7)15)12-4-2-3-5-12/h6,14H,2-5H2,1H3. The van der Waals surface area contributed by atoms with E-state index in [2.05, 4.69) is 0 Å². The lowest BCUT2D eigenvalue weighted by Crippen LogP contribution is -2.28. The minimum Gasteiger partial charge on any atom is -0.505 e. The second kappa shape index (κ2) is 3.53. The molecule has 0 atom stereocenters. The third-order valence-electron chi connectivity index (χ3n) is 2.88. The molecule has 4 nitrogen and oxygen atoms in total. The van der Waals surface area contributed by atoms with Gasteiger partial charge in [-0.2, -0.15) is 0 Å². The van der Waals surface area contributed by atoms with E-state index in [-0.39, 0.29) is 11.3 Å². The topological polar surface area (TPSA) is 57.6 Å². The average Bonchev–Trinajstić information content (AvgIpc) is 2.73. The van der Waals surface area contributed by atoms with Gasteiger partial charge in [0.15, 0.2) is 0 Å². The van der Waals surface area contributed by atoms with Crippen LogP contribution in [0, 0.1) is 0 Å². The lowest BCUT2D eigenvalue weighted by atomic mass is 9.99. The van der Waals surface area contributed by atoms with Crippen LogP contribution >= 0.6 is 0 Å². The fraction of sp³-hybridized carbons (Fsp3) is 0.455. The zero-order chi connectivity index (χ0) is 11.0. The molecule has 1 aliphatic heterocycles. The summed E-state index contributed by atoms with van der Waals surface area (Å²) in [5, 5.41) is 9.78. The van der Waals surface area contributed by atoms with Crippen LogP contribution in [0.25, 0.3) is 0 Å². The largest absolute Gasteiger partial charge is 0.505 e. The van der Waals surface area contributed by atoms with Crippen molar-refractivity contribution in [2.45, 2.75) is 19.8 Å². The summed E-state index contributed by atoms with van der Waals surface area (Å²) in [7, 11) is 0. The highest BCUT2D eigenvalue weighted by atomic mass is 16.3. The van der Waals surface area contributed by atoms with Crippen LogP contribution in [0.3, 0.4) is 0 Å². The molecular formula is C11H13NO3. The Balaban J connectivity index is 2.35. The molecule has 80 valence electrons. The summed E-state index contributed by atoms with van der Waals surface area (Å²) >= 11 is 0. The Labute approximate surface area is 87.9 Å². The molecule has 2 rings (SSSR count). The number of aliphatic hydroxyl groups is 1. The fourth-order valence-corrected chi connectivity index (χ4v) is 1.94. The fourth-order valence-electron chi connectivity index (χ4n) is 1.94. The van der Waals surface area contributed by atoms with Gasteiger partial charge in [-0.25, -0.2) is 0 Å².